The molecule has 0 bridgehead atoms. The second-order valence-electron chi connectivity index (χ2n) is 8.55. The van der Waals surface area contributed by atoms with Crippen molar-refractivity contribution in [3.05, 3.63) is 23.9 Å². The first kappa shape index (κ1) is 21.6. The zero-order valence-electron chi connectivity index (χ0n) is 18.2. The molecule has 0 aliphatic carbocycles. The first-order valence-corrected chi connectivity index (χ1v) is 9.85. The topological polar surface area (TPSA) is 105 Å². The van der Waals surface area contributed by atoms with Crippen LogP contribution >= 0.6 is 0 Å². The molecule has 1 aromatic carbocycles. The highest BCUT2D eigenvalue weighted by Crippen LogP contribution is 2.32. The largest absolute Gasteiger partial charge is 0.478 e. The summed E-state index contributed by atoms with van der Waals surface area (Å²) in [5.74, 6) is -1.07. The average molecular weight is 416 g/mol. The van der Waals surface area contributed by atoms with E-state index in [1.54, 1.807) is 23.2 Å². The van der Waals surface area contributed by atoms with Crippen LogP contribution in [0, 0.1) is 0 Å². The van der Waals surface area contributed by atoms with Crippen molar-refractivity contribution in [1.82, 2.24) is 14.9 Å². The van der Waals surface area contributed by atoms with Crippen LogP contribution in [-0.4, -0.2) is 69.9 Å². The zero-order valence-corrected chi connectivity index (χ0v) is 18.2. The van der Waals surface area contributed by atoms with E-state index in [9.17, 15) is 14.7 Å². The molecule has 1 fully saturated rings. The number of carboxylic acids is 1. The summed E-state index contributed by atoms with van der Waals surface area (Å²) in [5, 5.41) is 10.2. The molecule has 9 heteroatoms. The molecule has 9 nitrogen and oxygen atoms in total. The lowest BCUT2D eigenvalue weighted by atomic mass is 10.0. The molecular formula is C21H28N4O5. The molecule has 3 rings (SSSR count). The zero-order chi connectivity index (χ0) is 22.2. The number of hydrogen-bond acceptors (Lipinski definition) is 7. The first-order valence-electron chi connectivity index (χ1n) is 9.85. The Morgan fingerprint density at radius 3 is 2.33 bits per heavy atom. The van der Waals surface area contributed by atoms with Gasteiger partial charge in [0.2, 0.25) is 0 Å². The molecule has 0 radical (unpaired) electrons. The van der Waals surface area contributed by atoms with Crippen molar-refractivity contribution in [3.8, 4) is 6.01 Å². The van der Waals surface area contributed by atoms with Gasteiger partial charge in [-0.2, -0.15) is 4.98 Å². The molecule has 30 heavy (non-hydrogen) atoms. The molecule has 162 valence electrons. The molecule has 2 unspecified atom stereocenters. The number of methoxy groups -OCH3 is 1. The Bertz CT molecular complexity index is 960. The van der Waals surface area contributed by atoms with Gasteiger partial charge < -0.3 is 19.5 Å². The van der Waals surface area contributed by atoms with Crippen molar-refractivity contribution in [3.63, 3.8) is 0 Å². The van der Waals surface area contributed by atoms with E-state index in [2.05, 4.69) is 14.9 Å². The lowest BCUT2D eigenvalue weighted by Gasteiger charge is -2.45. The maximum atomic E-state index is 12.7. The van der Waals surface area contributed by atoms with Crippen LogP contribution in [0.15, 0.2) is 18.3 Å². The van der Waals surface area contributed by atoms with Gasteiger partial charge in [0.05, 0.1) is 30.3 Å². The summed E-state index contributed by atoms with van der Waals surface area (Å²) >= 11 is 0. The van der Waals surface area contributed by atoms with Gasteiger partial charge in [-0.3, -0.25) is 4.90 Å². The molecule has 1 aromatic heterocycles. The minimum Gasteiger partial charge on any atom is -0.478 e. The molecule has 1 N–H and O–H groups in total. The number of ether oxygens (including phenoxy) is 2. The molecule has 1 aliphatic heterocycles. The second kappa shape index (κ2) is 7.97. The molecule has 0 saturated carbocycles. The van der Waals surface area contributed by atoms with E-state index in [0.717, 1.165) is 5.69 Å². The van der Waals surface area contributed by atoms with E-state index in [1.165, 1.54) is 7.11 Å². The second-order valence-corrected chi connectivity index (χ2v) is 8.55. The van der Waals surface area contributed by atoms with E-state index < -0.39 is 11.6 Å². The molecule has 2 heterocycles. The van der Waals surface area contributed by atoms with Crippen LogP contribution in [0.1, 0.15) is 45.0 Å². The van der Waals surface area contributed by atoms with Gasteiger partial charge in [0.15, 0.2) is 0 Å². The Morgan fingerprint density at radius 2 is 1.80 bits per heavy atom. The van der Waals surface area contributed by atoms with Crippen molar-refractivity contribution < 1.29 is 24.2 Å². The number of carbonyl (C=O) groups excluding carboxylic acids is 1. The standard InChI is InChI=1S/C21H28N4O5/c1-12-10-24(11-13(2)25(12)20(28)30-21(3,4)5)16-8-7-14(18(26)27)17-15(16)9-22-19(23-17)29-6/h7-9,12-13H,10-11H2,1-6H3,(H,26,27). The summed E-state index contributed by atoms with van der Waals surface area (Å²) in [7, 11) is 1.44. The molecule has 1 saturated heterocycles. The van der Waals surface area contributed by atoms with E-state index in [0.29, 0.717) is 24.0 Å². The Kier molecular flexibility index (Phi) is 5.74. The molecular weight excluding hydrogens is 388 g/mol. The molecule has 2 atom stereocenters. The highest BCUT2D eigenvalue weighted by atomic mass is 16.6. The number of carboxylic acid groups (broad SMARTS) is 1. The van der Waals surface area contributed by atoms with Crippen molar-refractivity contribution in [2.45, 2.75) is 52.3 Å². The van der Waals surface area contributed by atoms with E-state index in [4.69, 9.17) is 9.47 Å². The molecule has 1 aliphatic rings. The van der Waals surface area contributed by atoms with E-state index in [1.807, 2.05) is 34.6 Å². The summed E-state index contributed by atoms with van der Waals surface area (Å²) in [6.45, 7) is 10.6. The van der Waals surface area contributed by atoms with Crippen LogP contribution in [0.4, 0.5) is 10.5 Å². The van der Waals surface area contributed by atoms with Crippen LogP contribution in [-0.2, 0) is 4.74 Å². The third-order valence-corrected chi connectivity index (χ3v) is 4.98. The predicted molar refractivity (Wildman–Crippen MR) is 112 cm³/mol. The fraction of sp³-hybridized carbons (Fsp3) is 0.524. The van der Waals surface area contributed by atoms with Crippen molar-refractivity contribution in [2.24, 2.45) is 0 Å². The number of anilines is 1. The van der Waals surface area contributed by atoms with Gasteiger partial charge in [-0.25, -0.2) is 14.6 Å². The van der Waals surface area contributed by atoms with Gasteiger partial charge in [0.25, 0.3) is 0 Å². The third-order valence-electron chi connectivity index (χ3n) is 4.98. The Balaban J connectivity index is 1.95. The summed E-state index contributed by atoms with van der Waals surface area (Å²) in [6.07, 6.45) is 1.25. The molecule has 0 spiro atoms. The summed E-state index contributed by atoms with van der Waals surface area (Å²) in [5.41, 5.74) is 0.664. The van der Waals surface area contributed by atoms with Crippen LogP contribution < -0.4 is 9.64 Å². The van der Waals surface area contributed by atoms with Gasteiger partial charge in [0.1, 0.15) is 5.60 Å². The summed E-state index contributed by atoms with van der Waals surface area (Å²) in [6, 6.07) is 3.22. The van der Waals surface area contributed by atoms with Crippen LogP contribution in [0.2, 0.25) is 0 Å². The highest BCUT2D eigenvalue weighted by Gasteiger charge is 2.36. The van der Waals surface area contributed by atoms with Crippen LogP contribution in [0.5, 0.6) is 6.01 Å². The lowest BCUT2D eigenvalue weighted by molar-refractivity contribution is 0.00566. The minimum absolute atomic E-state index is 0.0861. The van der Waals surface area contributed by atoms with Gasteiger partial charge in [-0.1, -0.05) is 0 Å². The number of fused-ring (bicyclic) bond motifs is 1. The maximum Gasteiger partial charge on any atom is 0.410 e. The summed E-state index contributed by atoms with van der Waals surface area (Å²) < 4.78 is 10.6. The average Bonchev–Trinajstić information content (AvgIpc) is 2.64. The Hall–Kier alpha value is -3.10. The van der Waals surface area contributed by atoms with Gasteiger partial charge >= 0.3 is 18.1 Å². The Morgan fingerprint density at radius 1 is 1.17 bits per heavy atom. The van der Waals surface area contributed by atoms with Gasteiger partial charge in [-0.05, 0) is 46.8 Å². The third kappa shape index (κ3) is 4.24. The highest BCUT2D eigenvalue weighted by molar-refractivity contribution is 6.06. The lowest BCUT2D eigenvalue weighted by Crippen LogP contribution is -2.59. The smallest absolute Gasteiger partial charge is 0.410 e. The Labute approximate surface area is 175 Å². The minimum atomic E-state index is -1.07. The number of amides is 1. The van der Waals surface area contributed by atoms with Gasteiger partial charge in [-0.15, -0.1) is 0 Å². The van der Waals surface area contributed by atoms with Crippen LogP contribution in [0.25, 0.3) is 10.9 Å². The maximum absolute atomic E-state index is 12.7. The SMILES string of the molecule is COc1ncc2c(N3CC(C)N(C(=O)OC(C)(C)C)C(C)C3)ccc(C(=O)O)c2n1. The van der Waals surface area contributed by atoms with Gasteiger partial charge in [0, 0.05) is 30.4 Å². The van der Waals surface area contributed by atoms with Crippen LogP contribution in [0.3, 0.4) is 0 Å². The van der Waals surface area contributed by atoms with Crippen molar-refractivity contribution >= 4 is 28.7 Å². The molecule has 1 amide bonds. The summed E-state index contributed by atoms with van der Waals surface area (Å²) in [4.78, 5) is 36.6. The number of benzene rings is 1. The fourth-order valence-electron chi connectivity index (χ4n) is 3.83. The number of hydrogen-bond donors (Lipinski definition) is 1. The van der Waals surface area contributed by atoms with Crippen molar-refractivity contribution in [2.75, 3.05) is 25.1 Å². The van der Waals surface area contributed by atoms with E-state index >= 15 is 0 Å². The number of aromatic nitrogens is 2. The normalized spacial score (nSPS) is 19.7. The number of carbonyl (C=O) groups is 2. The quantitative estimate of drug-likeness (QED) is 0.813. The number of rotatable bonds is 3. The molecule has 2 aromatic rings. The van der Waals surface area contributed by atoms with Crippen molar-refractivity contribution in [1.29, 1.82) is 0 Å². The van der Waals surface area contributed by atoms with E-state index in [-0.39, 0.29) is 29.8 Å². The first-order chi connectivity index (χ1) is 14.0. The number of aromatic carboxylic acids is 1. The predicted octanol–water partition coefficient (Wildman–Crippen LogP) is 3.17. The monoisotopic (exact) mass is 416 g/mol. The number of piperazine rings is 1. The fourth-order valence-corrected chi connectivity index (χ4v) is 3.83. The number of nitrogens with zero attached hydrogens (tertiary/aromatic N) is 4.